The third kappa shape index (κ3) is 5.68. The van der Waals surface area contributed by atoms with Gasteiger partial charge >= 0.3 is 0 Å². The zero-order valence-electron chi connectivity index (χ0n) is 18.1. The third-order valence-electron chi connectivity index (χ3n) is 5.78. The third-order valence-corrected chi connectivity index (χ3v) is 5.78. The van der Waals surface area contributed by atoms with E-state index in [9.17, 15) is 4.79 Å². The van der Waals surface area contributed by atoms with Crippen molar-refractivity contribution in [1.82, 2.24) is 0 Å². The van der Waals surface area contributed by atoms with E-state index in [2.05, 4.69) is 27.2 Å². The minimum absolute atomic E-state index is 0.0180. The summed E-state index contributed by atoms with van der Waals surface area (Å²) in [6.07, 6.45) is 1.12. The van der Waals surface area contributed by atoms with E-state index >= 15 is 0 Å². The molecule has 2 aromatic carbocycles. The number of nitrogens with one attached hydrogen (secondary N) is 1. The Kier molecular flexibility index (Phi) is 7.27. The van der Waals surface area contributed by atoms with E-state index in [1.54, 1.807) is 7.11 Å². The molecule has 2 aromatic rings. The molecule has 2 heterocycles. The van der Waals surface area contributed by atoms with E-state index in [0.29, 0.717) is 26.1 Å². The van der Waals surface area contributed by atoms with E-state index in [-0.39, 0.29) is 5.91 Å². The molecule has 1 N–H and O–H groups in total. The number of hydrogen-bond donors (Lipinski definition) is 1. The van der Waals surface area contributed by atoms with Crippen LogP contribution in [0.1, 0.15) is 12.0 Å². The van der Waals surface area contributed by atoms with Crippen molar-refractivity contribution in [2.45, 2.75) is 12.8 Å². The van der Waals surface area contributed by atoms with Crippen LogP contribution >= 0.6 is 0 Å². The van der Waals surface area contributed by atoms with E-state index in [4.69, 9.17) is 14.2 Å². The lowest BCUT2D eigenvalue weighted by atomic mass is 10.1. The van der Waals surface area contributed by atoms with E-state index in [1.165, 1.54) is 5.69 Å². The zero-order valence-corrected chi connectivity index (χ0v) is 18.1. The number of hydrogen-bond acceptors (Lipinski definition) is 6. The van der Waals surface area contributed by atoms with Crippen molar-refractivity contribution in [3.05, 3.63) is 48.0 Å². The second kappa shape index (κ2) is 10.5. The van der Waals surface area contributed by atoms with Crippen LogP contribution in [0.2, 0.25) is 0 Å². The maximum Gasteiger partial charge on any atom is 0.224 e. The van der Waals surface area contributed by atoms with E-state index in [0.717, 1.165) is 62.1 Å². The molecule has 0 radical (unpaired) electrons. The highest BCUT2D eigenvalue weighted by molar-refractivity contribution is 5.95. The first-order valence-electron chi connectivity index (χ1n) is 10.9. The molecule has 0 aliphatic carbocycles. The van der Waals surface area contributed by atoms with Crippen molar-refractivity contribution in [2.75, 3.05) is 74.8 Å². The molecule has 166 valence electrons. The maximum atomic E-state index is 12.7. The number of amides is 1. The average molecular weight is 426 g/mol. The van der Waals surface area contributed by atoms with Gasteiger partial charge in [0.15, 0.2) is 0 Å². The summed E-state index contributed by atoms with van der Waals surface area (Å²) in [7, 11) is 1.65. The molecule has 2 aliphatic rings. The number of morpholine rings is 2. The predicted octanol–water partition coefficient (Wildman–Crippen LogP) is 2.94. The Bertz CT molecular complexity index is 860. The van der Waals surface area contributed by atoms with Crippen molar-refractivity contribution in [3.63, 3.8) is 0 Å². The van der Waals surface area contributed by atoms with Crippen LogP contribution in [0.15, 0.2) is 42.5 Å². The SMILES string of the molecule is COc1ccc(CCC(=O)Nc2ccc(N3CCOCC3)cc2N2CCOCC2)cc1. The van der Waals surface area contributed by atoms with Gasteiger partial charge in [0.25, 0.3) is 0 Å². The summed E-state index contributed by atoms with van der Waals surface area (Å²) in [6.45, 7) is 6.31. The van der Waals surface area contributed by atoms with Crippen molar-refractivity contribution in [2.24, 2.45) is 0 Å². The smallest absolute Gasteiger partial charge is 0.224 e. The molecule has 0 saturated carbocycles. The van der Waals surface area contributed by atoms with Crippen LogP contribution in [0.25, 0.3) is 0 Å². The van der Waals surface area contributed by atoms with Crippen LogP contribution in [0.4, 0.5) is 17.1 Å². The molecule has 4 rings (SSSR count). The molecule has 0 spiro atoms. The number of methoxy groups -OCH3 is 1. The number of aryl methyl sites for hydroxylation is 1. The standard InChI is InChI=1S/C24H31N3O4/c1-29-21-6-2-19(3-7-21)4-9-24(28)25-22-8-5-20(26-10-14-30-15-11-26)18-23(22)27-12-16-31-17-13-27/h2-3,5-8,18H,4,9-17H2,1H3,(H,25,28). The van der Waals surface area contributed by atoms with Crippen LogP contribution < -0.4 is 19.9 Å². The number of carbonyl (C=O) groups is 1. The fraction of sp³-hybridized carbons (Fsp3) is 0.458. The van der Waals surface area contributed by atoms with Gasteiger partial charge in [0.1, 0.15) is 5.75 Å². The van der Waals surface area contributed by atoms with Gasteiger partial charge in [-0.3, -0.25) is 4.79 Å². The lowest BCUT2D eigenvalue weighted by Crippen LogP contribution is -2.38. The molecule has 0 atom stereocenters. The van der Waals surface area contributed by atoms with Crippen LogP contribution in [0, 0.1) is 0 Å². The molecule has 2 fully saturated rings. The summed E-state index contributed by atoms with van der Waals surface area (Å²) in [4.78, 5) is 17.4. The first-order valence-corrected chi connectivity index (χ1v) is 10.9. The summed E-state index contributed by atoms with van der Waals surface area (Å²) in [5, 5.41) is 3.14. The second-order valence-electron chi connectivity index (χ2n) is 7.80. The molecule has 1 amide bonds. The molecule has 31 heavy (non-hydrogen) atoms. The molecule has 2 aliphatic heterocycles. The van der Waals surface area contributed by atoms with Crippen LogP contribution in [-0.4, -0.2) is 65.6 Å². The zero-order chi connectivity index (χ0) is 21.5. The molecular formula is C24H31N3O4. The largest absolute Gasteiger partial charge is 0.497 e. The number of nitrogens with zero attached hydrogens (tertiary/aromatic N) is 2. The average Bonchev–Trinajstić information content (AvgIpc) is 2.84. The van der Waals surface area contributed by atoms with Gasteiger partial charge in [-0.05, 0) is 42.3 Å². The predicted molar refractivity (Wildman–Crippen MR) is 122 cm³/mol. The van der Waals surface area contributed by atoms with Crippen molar-refractivity contribution >= 4 is 23.0 Å². The number of anilines is 3. The molecule has 0 aromatic heterocycles. The Balaban J connectivity index is 1.45. The quantitative estimate of drug-likeness (QED) is 0.736. The number of carbonyl (C=O) groups excluding carboxylic acids is 1. The van der Waals surface area contributed by atoms with Crippen LogP contribution in [0.3, 0.4) is 0 Å². The molecular weight excluding hydrogens is 394 g/mol. The highest BCUT2D eigenvalue weighted by Gasteiger charge is 2.19. The molecule has 0 unspecified atom stereocenters. The van der Waals surface area contributed by atoms with Crippen molar-refractivity contribution in [3.8, 4) is 5.75 Å². The normalized spacial score (nSPS) is 16.8. The van der Waals surface area contributed by atoms with Gasteiger partial charge in [0, 0.05) is 38.3 Å². The molecule has 7 heteroatoms. The lowest BCUT2D eigenvalue weighted by molar-refractivity contribution is -0.116. The minimum atomic E-state index is 0.0180. The Morgan fingerprint density at radius 2 is 1.58 bits per heavy atom. The molecule has 2 saturated heterocycles. The Morgan fingerprint density at radius 1 is 0.935 bits per heavy atom. The second-order valence-corrected chi connectivity index (χ2v) is 7.80. The van der Waals surface area contributed by atoms with Crippen molar-refractivity contribution < 1.29 is 19.0 Å². The Labute approximate surface area is 183 Å². The molecule has 0 bridgehead atoms. The number of ether oxygens (including phenoxy) is 3. The fourth-order valence-corrected chi connectivity index (χ4v) is 3.97. The molecule has 7 nitrogen and oxygen atoms in total. The summed E-state index contributed by atoms with van der Waals surface area (Å²) in [5.74, 6) is 0.841. The van der Waals surface area contributed by atoms with Gasteiger partial charge in [0.05, 0.1) is 44.9 Å². The lowest BCUT2D eigenvalue weighted by Gasteiger charge is -2.33. The van der Waals surface area contributed by atoms with Gasteiger partial charge < -0.3 is 29.3 Å². The van der Waals surface area contributed by atoms with Crippen LogP contribution in [-0.2, 0) is 20.7 Å². The van der Waals surface area contributed by atoms with Crippen LogP contribution in [0.5, 0.6) is 5.75 Å². The highest BCUT2D eigenvalue weighted by Crippen LogP contribution is 2.32. The number of benzene rings is 2. The summed E-state index contributed by atoms with van der Waals surface area (Å²) >= 11 is 0. The first-order chi connectivity index (χ1) is 15.2. The highest BCUT2D eigenvalue weighted by atomic mass is 16.5. The topological polar surface area (TPSA) is 63.3 Å². The van der Waals surface area contributed by atoms with Gasteiger partial charge in [-0.2, -0.15) is 0 Å². The number of rotatable bonds is 7. The van der Waals surface area contributed by atoms with Gasteiger partial charge in [-0.1, -0.05) is 12.1 Å². The van der Waals surface area contributed by atoms with E-state index < -0.39 is 0 Å². The summed E-state index contributed by atoms with van der Waals surface area (Å²) in [5.41, 5.74) is 4.21. The summed E-state index contributed by atoms with van der Waals surface area (Å²) in [6, 6.07) is 14.2. The summed E-state index contributed by atoms with van der Waals surface area (Å²) < 4.78 is 16.2. The van der Waals surface area contributed by atoms with Gasteiger partial charge in [-0.15, -0.1) is 0 Å². The van der Waals surface area contributed by atoms with E-state index in [1.807, 2.05) is 30.3 Å². The monoisotopic (exact) mass is 425 g/mol. The Hall–Kier alpha value is -2.77. The maximum absolute atomic E-state index is 12.7. The van der Waals surface area contributed by atoms with Gasteiger partial charge in [-0.25, -0.2) is 0 Å². The fourth-order valence-electron chi connectivity index (χ4n) is 3.97. The van der Waals surface area contributed by atoms with Crippen molar-refractivity contribution in [1.29, 1.82) is 0 Å². The minimum Gasteiger partial charge on any atom is -0.497 e. The Morgan fingerprint density at radius 3 is 2.23 bits per heavy atom. The first kappa shape index (κ1) is 21.5. The van der Waals surface area contributed by atoms with Gasteiger partial charge in [0.2, 0.25) is 5.91 Å².